The van der Waals surface area contributed by atoms with Crippen molar-refractivity contribution in [2.24, 2.45) is 0 Å². The maximum atomic E-state index is 12.2. The van der Waals surface area contributed by atoms with Gasteiger partial charge in [-0.15, -0.1) is 0 Å². The van der Waals surface area contributed by atoms with E-state index in [-0.39, 0.29) is 5.69 Å². The Morgan fingerprint density at radius 1 is 1.28 bits per heavy atom. The number of rotatable bonds is 3. The number of benzene rings is 1. The van der Waals surface area contributed by atoms with E-state index in [0.29, 0.717) is 0 Å². The molecular formula is C9H8F3N2O3S-. The van der Waals surface area contributed by atoms with Gasteiger partial charge >= 0.3 is 12.2 Å². The fourth-order valence-electron chi connectivity index (χ4n) is 1.04. The van der Waals surface area contributed by atoms with Gasteiger partial charge in [-0.1, -0.05) is 0 Å². The molecule has 0 saturated carbocycles. The molecule has 0 heterocycles. The number of carbonyl (C=O) groups excluding carboxylic acids is 1. The number of nitrogens with one attached hydrogen (secondary N) is 2. The van der Waals surface area contributed by atoms with Crippen LogP contribution in [0.25, 0.3) is 0 Å². The van der Waals surface area contributed by atoms with Crippen LogP contribution in [0.5, 0.6) is 0 Å². The summed E-state index contributed by atoms with van der Waals surface area (Å²) in [5.41, 5.74) is -0.716. The van der Waals surface area contributed by atoms with E-state index in [2.05, 4.69) is 5.32 Å². The molecule has 0 saturated heterocycles. The number of carbonyl (C=O) groups is 1. The van der Waals surface area contributed by atoms with Crippen molar-refractivity contribution >= 4 is 22.8 Å². The van der Waals surface area contributed by atoms with E-state index in [1.807, 2.05) is 5.32 Å². The third kappa shape index (κ3) is 4.72. The van der Waals surface area contributed by atoms with Crippen LogP contribution in [-0.4, -0.2) is 20.7 Å². The molecule has 1 unspecified atom stereocenters. The van der Waals surface area contributed by atoms with Crippen LogP contribution in [0.1, 0.15) is 5.56 Å². The van der Waals surface area contributed by atoms with Crippen molar-refractivity contribution < 1.29 is 26.7 Å². The van der Waals surface area contributed by atoms with Crippen molar-refractivity contribution in [1.82, 2.24) is 5.32 Å². The summed E-state index contributed by atoms with van der Waals surface area (Å²) in [6, 6.07) is 2.93. The Labute approximate surface area is 103 Å². The van der Waals surface area contributed by atoms with Crippen molar-refractivity contribution in [2.45, 2.75) is 6.18 Å². The molecule has 2 N–H and O–H groups in total. The SMILES string of the molecule is O=C(NCS(=O)[O-])Nc1ccc(C(F)(F)F)cc1. The topological polar surface area (TPSA) is 81.3 Å². The molecule has 1 aromatic rings. The first-order valence-electron chi connectivity index (χ1n) is 4.57. The lowest BCUT2D eigenvalue weighted by Crippen LogP contribution is -2.31. The number of hydrogen-bond donors (Lipinski definition) is 2. The summed E-state index contributed by atoms with van der Waals surface area (Å²) in [6.45, 7) is 0. The largest absolute Gasteiger partial charge is 0.771 e. The first kappa shape index (κ1) is 14.5. The summed E-state index contributed by atoms with van der Waals surface area (Å²) in [7, 11) is 0. The highest BCUT2D eigenvalue weighted by Crippen LogP contribution is 2.29. The molecule has 9 heteroatoms. The molecule has 0 bridgehead atoms. The molecule has 0 aliphatic carbocycles. The lowest BCUT2D eigenvalue weighted by atomic mass is 10.2. The molecule has 0 fully saturated rings. The van der Waals surface area contributed by atoms with Crippen LogP contribution in [0.3, 0.4) is 0 Å². The molecule has 2 amide bonds. The summed E-state index contributed by atoms with van der Waals surface area (Å²) in [5, 5.41) is 4.18. The second-order valence-corrected chi connectivity index (χ2v) is 4.05. The van der Waals surface area contributed by atoms with E-state index in [9.17, 15) is 26.7 Å². The van der Waals surface area contributed by atoms with Gasteiger partial charge in [0.05, 0.1) is 11.4 Å². The Hall–Kier alpha value is -1.61. The third-order valence-corrected chi connectivity index (χ3v) is 2.20. The zero-order chi connectivity index (χ0) is 13.8. The molecule has 0 spiro atoms. The minimum Gasteiger partial charge on any atom is -0.771 e. The van der Waals surface area contributed by atoms with E-state index in [1.54, 1.807) is 0 Å². The predicted octanol–water partition coefficient (Wildman–Crippen LogP) is 1.66. The molecule has 0 radical (unpaired) electrons. The average molecular weight is 281 g/mol. The number of urea groups is 1. The number of alkyl halides is 3. The van der Waals surface area contributed by atoms with Crippen LogP contribution in [0, 0.1) is 0 Å². The van der Waals surface area contributed by atoms with E-state index in [0.717, 1.165) is 24.3 Å². The van der Waals surface area contributed by atoms with Crippen molar-refractivity contribution in [2.75, 3.05) is 11.2 Å². The molecule has 1 rings (SSSR count). The van der Waals surface area contributed by atoms with Crippen LogP contribution < -0.4 is 10.6 Å². The minimum absolute atomic E-state index is 0.122. The van der Waals surface area contributed by atoms with E-state index < -0.39 is 34.7 Å². The number of amides is 2. The molecular weight excluding hydrogens is 273 g/mol. The van der Waals surface area contributed by atoms with Crippen LogP contribution in [-0.2, 0) is 17.3 Å². The minimum atomic E-state index is -4.44. The fraction of sp³-hybridized carbons (Fsp3) is 0.222. The smallest absolute Gasteiger partial charge is 0.416 e. The van der Waals surface area contributed by atoms with Gasteiger partial charge in [0.1, 0.15) is 0 Å². The van der Waals surface area contributed by atoms with Gasteiger partial charge in [0, 0.05) is 5.69 Å². The maximum absolute atomic E-state index is 12.2. The van der Waals surface area contributed by atoms with Crippen molar-refractivity contribution in [3.8, 4) is 0 Å². The first-order chi connectivity index (χ1) is 8.29. The normalized spacial score (nSPS) is 12.9. The summed E-state index contributed by atoms with van der Waals surface area (Å²) in [5.74, 6) is -0.577. The van der Waals surface area contributed by atoms with Crippen LogP contribution >= 0.6 is 0 Å². The van der Waals surface area contributed by atoms with Gasteiger partial charge in [-0.05, 0) is 35.3 Å². The molecule has 1 aromatic carbocycles. The zero-order valence-corrected chi connectivity index (χ0v) is 9.60. The Balaban J connectivity index is 2.59. The fourth-order valence-corrected chi connectivity index (χ4v) is 1.29. The second kappa shape index (κ2) is 5.83. The van der Waals surface area contributed by atoms with Gasteiger partial charge in [0.25, 0.3) is 0 Å². The van der Waals surface area contributed by atoms with Crippen molar-refractivity contribution in [3.05, 3.63) is 29.8 Å². The van der Waals surface area contributed by atoms with Gasteiger partial charge in [-0.3, -0.25) is 4.21 Å². The number of halogens is 3. The second-order valence-electron chi connectivity index (χ2n) is 3.15. The lowest BCUT2D eigenvalue weighted by Gasteiger charge is -2.10. The summed E-state index contributed by atoms with van der Waals surface area (Å²) < 4.78 is 57.0. The standard InChI is InChI=1S/C9H9F3N2O3S/c10-9(11,12)6-1-3-7(4-2-6)14-8(15)13-5-18(16)17/h1-4H,5H2,(H,16,17)(H2,13,14,15)/p-1. The zero-order valence-electron chi connectivity index (χ0n) is 8.78. The van der Waals surface area contributed by atoms with Gasteiger partial charge in [-0.25, -0.2) is 4.79 Å². The highest BCUT2D eigenvalue weighted by atomic mass is 32.2. The van der Waals surface area contributed by atoms with Gasteiger partial charge < -0.3 is 15.2 Å². The molecule has 5 nitrogen and oxygen atoms in total. The highest BCUT2D eigenvalue weighted by Gasteiger charge is 2.29. The molecule has 100 valence electrons. The van der Waals surface area contributed by atoms with Crippen molar-refractivity contribution in [1.29, 1.82) is 0 Å². The number of anilines is 1. The Morgan fingerprint density at radius 3 is 2.28 bits per heavy atom. The summed E-state index contributed by atoms with van der Waals surface area (Å²) >= 11 is -2.43. The summed E-state index contributed by atoms with van der Waals surface area (Å²) in [6.07, 6.45) is -4.44. The van der Waals surface area contributed by atoms with Crippen LogP contribution in [0.4, 0.5) is 23.7 Å². The van der Waals surface area contributed by atoms with Gasteiger partial charge in [0.2, 0.25) is 0 Å². The number of hydrogen-bond acceptors (Lipinski definition) is 3. The monoisotopic (exact) mass is 281 g/mol. The van der Waals surface area contributed by atoms with E-state index >= 15 is 0 Å². The van der Waals surface area contributed by atoms with Crippen molar-refractivity contribution in [3.63, 3.8) is 0 Å². The van der Waals surface area contributed by atoms with Crippen LogP contribution in [0.2, 0.25) is 0 Å². The predicted molar refractivity (Wildman–Crippen MR) is 57.4 cm³/mol. The Bertz CT molecular complexity index is 447. The highest BCUT2D eigenvalue weighted by molar-refractivity contribution is 7.79. The maximum Gasteiger partial charge on any atom is 0.416 e. The molecule has 0 aromatic heterocycles. The van der Waals surface area contributed by atoms with Crippen LogP contribution in [0.15, 0.2) is 24.3 Å². The quantitative estimate of drug-likeness (QED) is 0.827. The molecule has 18 heavy (non-hydrogen) atoms. The summed E-state index contributed by atoms with van der Waals surface area (Å²) in [4.78, 5) is 11.1. The molecule has 1 atom stereocenters. The molecule has 0 aliphatic rings. The molecule has 0 aliphatic heterocycles. The first-order valence-corrected chi connectivity index (χ1v) is 5.81. The van der Waals surface area contributed by atoms with Gasteiger partial charge in [0.15, 0.2) is 0 Å². The third-order valence-electron chi connectivity index (χ3n) is 1.82. The van der Waals surface area contributed by atoms with E-state index in [1.165, 1.54) is 0 Å². The average Bonchev–Trinajstić information content (AvgIpc) is 2.26. The Morgan fingerprint density at radius 2 is 1.83 bits per heavy atom. The van der Waals surface area contributed by atoms with E-state index in [4.69, 9.17) is 0 Å². The Kier molecular flexibility index (Phi) is 4.68. The van der Waals surface area contributed by atoms with Gasteiger partial charge in [-0.2, -0.15) is 13.2 Å². The lowest BCUT2D eigenvalue weighted by molar-refractivity contribution is -0.137.